The summed E-state index contributed by atoms with van der Waals surface area (Å²) >= 11 is 2.20. The predicted molar refractivity (Wildman–Crippen MR) is 97.8 cm³/mol. The van der Waals surface area contributed by atoms with Crippen LogP contribution < -0.4 is 15.1 Å². The van der Waals surface area contributed by atoms with Crippen LogP contribution in [-0.4, -0.2) is 44.1 Å². The molecule has 1 N–H and O–H groups in total. The van der Waals surface area contributed by atoms with E-state index in [4.69, 9.17) is 0 Å². The molecule has 1 aromatic heterocycles. The summed E-state index contributed by atoms with van der Waals surface area (Å²) in [6, 6.07) is 7.38. The summed E-state index contributed by atoms with van der Waals surface area (Å²) in [5, 5.41) is 2.87. The molecule has 0 atom stereocenters. The molecule has 0 aliphatic rings. The van der Waals surface area contributed by atoms with Crippen LogP contribution >= 0.6 is 22.6 Å². The molecule has 2 aromatic rings. The average Bonchev–Trinajstić information content (AvgIpc) is 2.47. The number of nitrogens with one attached hydrogen (secondary N) is 1. The number of halogens is 1. The number of benzene rings is 1. The largest absolute Gasteiger partial charge is 0.361 e. The third kappa shape index (κ3) is 3.85. The second-order valence-corrected chi connectivity index (χ2v) is 6.40. The number of hydrogen-bond donors (Lipinski definition) is 1. The van der Waals surface area contributed by atoms with Gasteiger partial charge in [0, 0.05) is 37.3 Å². The molecular weight excluding hydrogens is 393 g/mol. The molecule has 0 unspecified atom stereocenters. The second-order valence-electron chi connectivity index (χ2n) is 5.16. The number of anilines is 3. The lowest BCUT2D eigenvalue weighted by Crippen LogP contribution is -2.21. The molecular formula is C15H18IN5O. The van der Waals surface area contributed by atoms with E-state index in [-0.39, 0.29) is 5.91 Å². The Kier molecular flexibility index (Phi) is 5.17. The van der Waals surface area contributed by atoms with Crippen molar-refractivity contribution in [1.82, 2.24) is 9.97 Å². The van der Waals surface area contributed by atoms with E-state index in [0.717, 1.165) is 3.57 Å². The molecule has 0 aliphatic heterocycles. The predicted octanol–water partition coefficient (Wildman–Crippen LogP) is 2.47. The lowest BCUT2D eigenvalue weighted by molar-refractivity contribution is 0.102. The van der Waals surface area contributed by atoms with E-state index in [1.54, 1.807) is 18.3 Å². The molecule has 1 amide bonds. The van der Waals surface area contributed by atoms with Crippen molar-refractivity contribution in [3.8, 4) is 0 Å². The lowest BCUT2D eigenvalue weighted by atomic mass is 10.2. The van der Waals surface area contributed by atoms with E-state index in [0.29, 0.717) is 23.0 Å². The normalized spacial score (nSPS) is 10.2. The molecule has 0 radical (unpaired) electrons. The first-order valence-corrected chi connectivity index (χ1v) is 7.75. The van der Waals surface area contributed by atoms with Gasteiger partial charge in [0.25, 0.3) is 5.91 Å². The maximum Gasteiger partial charge on any atom is 0.255 e. The number of rotatable bonds is 4. The van der Waals surface area contributed by atoms with Crippen molar-refractivity contribution in [2.45, 2.75) is 0 Å². The molecule has 0 saturated heterocycles. The van der Waals surface area contributed by atoms with Crippen LogP contribution in [0.5, 0.6) is 0 Å². The third-order valence-electron chi connectivity index (χ3n) is 2.93. The summed E-state index contributed by atoms with van der Waals surface area (Å²) in [5.41, 5.74) is 1.18. The summed E-state index contributed by atoms with van der Waals surface area (Å²) in [4.78, 5) is 24.7. The minimum atomic E-state index is -0.180. The van der Waals surface area contributed by atoms with Crippen molar-refractivity contribution in [1.29, 1.82) is 0 Å². The first kappa shape index (κ1) is 16.5. The number of carbonyl (C=O) groups excluding carboxylic acids is 1. The Morgan fingerprint density at radius 3 is 2.27 bits per heavy atom. The third-order valence-corrected chi connectivity index (χ3v) is 3.65. The molecule has 2 rings (SSSR count). The summed E-state index contributed by atoms with van der Waals surface area (Å²) in [5.74, 6) is 1.08. The molecule has 7 heteroatoms. The van der Waals surface area contributed by atoms with Crippen LogP contribution in [0.4, 0.5) is 17.5 Å². The van der Waals surface area contributed by atoms with Gasteiger partial charge in [-0.05, 0) is 46.9 Å². The topological polar surface area (TPSA) is 61.4 Å². The molecule has 0 aliphatic carbocycles. The van der Waals surface area contributed by atoms with Gasteiger partial charge in [0.05, 0.1) is 6.20 Å². The van der Waals surface area contributed by atoms with E-state index in [1.165, 1.54) is 0 Å². The Balaban J connectivity index is 2.28. The van der Waals surface area contributed by atoms with Gasteiger partial charge in [0.15, 0.2) is 5.82 Å². The molecule has 1 heterocycles. The molecule has 0 fully saturated rings. The molecule has 0 saturated carbocycles. The Morgan fingerprint density at radius 2 is 1.73 bits per heavy atom. The van der Waals surface area contributed by atoms with Gasteiger partial charge in [0.2, 0.25) is 5.95 Å². The first-order valence-electron chi connectivity index (χ1n) is 6.67. The molecule has 0 spiro atoms. The van der Waals surface area contributed by atoms with Crippen molar-refractivity contribution < 1.29 is 4.79 Å². The van der Waals surface area contributed by atoms with Crippen molar-refractivity contribution in [2.24, 2.45) is 0 Å². The summed E-state index contributed by atoms with van der Waals surface area (Å²) in [6.45, 7) is 0. The summed E-state index contributed by atoms with van der Waals surface area (Å²) < 4.78 is 1.08. The number of amides is 1. The van der Waals surface area contributed by atoms with Crippen molar-refractivity contribution in [2.75, 3.05) is 43.3 Å². The van der Waals surface area contributed by atoms with E-state index in [9.17, 15) is 4.79 Å². The van der Waals surface area contributed by atoms with Crippen LogP contribution in [0.15, 0.2) is 30.5 Å². The highest BCUT2D eigenvalue weighted by Crippen LogP contribution is 2.23. The SMILES string of the molecule is CN(C)c1ncc(NC(=O)c2ccc(I)cc2)c(N(C)C)n1. The number of aromatic nitrogens is 2. The molecule has 1 aromatic carbocycles. The Labute approximate surface area is 143 Å². The highest BCUT2D eigenvalue weighted by atomic mass is 127. The fourth-order valence-electron chi connectivity index (χ4n) is 1.80. The van der Waals surface area contributed by atoms with E-state index in [1.807, 2.05) is 50.1 Å². The lowest BCUT2D eigenvalue weighted by Gasteiger charge is -2.19. The van der Waals surface area contributed by atoms with Gasteiger partial charge in [-0.15, -0.1) is 0 Å². The highest BCUT2D eigenvalue weighted by Gasteiger charge is 2.14. The van der Waals surface area contributed by atoms with E-state index < -0.39 is 0 Å². The number of hydrogen-bond acceptors (Lipinski definition) is 5. The maximum atomic E-state index is 12.3. The highest BCUT2D eigenvalue weighted by molar-refractivity contribution is 14.1. The fourth-order valence-corrected chi connectivity index (χ4v) is 2.16. The van der Waals surface area contributed by atoms with Crippen LogP contribution in [0, 0.1) is 3.57 Å². The zero-order valence-electron chi connectivity index (χ0n) is 13.0. The molecule has 116 valence electrons. The number of carbonyl (C=O) groups is 1. The Morgan fingerprint density at radius 1 is 1.09 bits per heavy atom. The molecule has 0 bridgehead atoms. The van der Waals surface area contributed by atoms with Gasteiger partial charge in [0.1, 0.15) is 5.69 Å². The van der Waals surface area contributed by atoms with Crippen molar-refractivity contribution in [3.63, 3.8) is 0 Å². The van der Waals surface area contributed by atoms with E-state index >= 15 is 0 Å². The first-order chi connectivity index (χ1) is 10.4. The van der Waals surface area contributed by atoms with Crippen LogP contribution in [0.25, 0.3) is 0 Å². The van der Waals surface area contributed by atoms with Gasteiger partial charge >= 0.3 is 0 Å². The van der Waals surface area contributed by atoms with Crippen molar-refractivity contribution in [3.05, 3.63) is 39.6 Å². The zero-order valence-corrected chi connectivity index (χ0v) is 15.1. The van der Waals surface area contributed by atoms with Gasteiger partial charge < -0.3 is 15.1 Å². The summed E-state index contributed by atoms with van der Waals surface area (Å²) in [6.07, 6.45) is 1.63. The van der Waals surface area contributed by atoms with Crippen LogP contribution in [0.2, 0.25) is 0 Å². The summed E-state index contributed by atoms with van der Waals surface area (Å²) in [7, 11) is 7.50. The van der Waals surface area contributed by atoms with Crippen LogP contribution in [-0.2, 0) is 0 Å². The maximum absolute atomic E-state index is 12.3. The zero-order chi connectivity index (χ0) is 16.3. The standard InChI is InChI=1S/C15H18IN5O/c1-20(2)13-12(9-17-15(19-13)21(3)4)18-14(22)10-5-7-11(16)8-6-10/h5-9H,1-4H3,(H,18,22). The average molecular weight is 411 g/mol. The Bertz CT molecular complexity index is 670. The van der Waals surface area contributed by atoms with Gasteiger partial charge in [-0.25, -0.2) is 4.98 Å². The van der Waals surface area contributed by atoms with Gasteiger partial charge in [-0.2, -0.15) is 4.98 Å². The monoisotopic (exact) mass is 411 g/mol. The van der Waals surface area contributed by atoms with Gasteiger partial charge in [-0.3, -0.25) is 4.79 Å². The molecule has 22 heavy (non-hydrogen) atoms. The van der Waals surface area contributed by atoms with Gasteiger partial charge in [-0.1, -0.05) is 0 Å². The smallest absolute Gasteiger partial charge is 0.255 e. The quantitative estimate of drug-likeness (QED) is 0.784. The Hall–Kier alpha value is -1.90. The molecule has 6 nitrogen and oxygen atoms in total. The fraction of sp³-hybridized carbons (Fsp3) is 0.267. The van der Waals surface area contributed by atoms with Crippen LogP contribution in [0.3, 0.4) is 0 Å². The van der Waals surface area contributed by atoms with Crippen LogP contribution in [0.1, 0.15) is 10.4 Å². The van der Waals surface area contributed by atoms with Crippen molar-refractivity contribution >= 4 is 46.0 Å². The van der Waals surface area contributed by atoms with E-state index in [2.05, 4.69) is 37.9 Å². The minimum absolute atomic E-state index is 0.180. The minimum Gasteiger partial charge on any atom is -0.361 e. The second kappa shape index (κ2) is 6.91. The number of nitrogens with zero attached hydrogens (tertiary/aromatic N) is 4.